The van der Waals surface area contributed by atoms with E-state index in [0.717, 1.165) is 17.1 Å². The lowest BCUT2D eigenvalue weighted by Gasteiger charge is -2.14. The van der Waals surface area contributed by atoms with Crippen molar-refractivity contribution in [2.75, 3.05) is 6.54 Å². The fourth-order valence-corrected chi connectivity index (χ4v) is 3.42. The molecule has 1 aliphatic rings. The summed E-state index contributed by atoms with van der Waals surface area (Å²) in [6.07, 6.45) is 1.70. The summed E-state index contributed by atoms with van der Waals surface area (Å²) in [5, 5.41) is 2.83. The summed E-state index contributed by atoms with van der Waals surface area (Å²) in [7, 11) is 0. The van der Waals surface area contributed by atoms with Crippen LogP contribution in [0.2, 0.25) is 0 Å². The van der Waals surface area contributed by atoms with Gasteiger partial charge in [0.25, 0.3) is 5.91 Å². The largest absolute Gasteiger partial charge is 0.487 e. The van der Waals surface area contributed by atoms with Crippen LogP contribution in [0.3, 0.4) is 0 Å². The van der Waals surface area contributed by atoms with Gasteiger partial charge in [-0.2, -0.15) is 0 Å². The Bertz CT molecular complexity index is 1100. The maximum absolute atomic E-state index is 14.4. The van der Waals surface area contributed by atoms with Gasteiger partial charge >= 0.3 is 0 Å². The molecule has 3 heterocycles. The number of ether oxygens (including phenoxy) is 1. The van der Waals surface area contributed by atoms with Gasteiger partial charge in [-0.15, -0.1) is 0 Å². The van der Waals surface area contributed by atoms with Gasteiger partial charge in [0.2, 0.25) is 0 Å². The molecule has 1 N–H and O–H groups in total. The van der Waals surface area contributed by atoms with E-state index in [4.69, 9.17) is 4.74 Å². The van der Waals surface area contributed by atoms with Crippen LogP contribution in [0, 0.1) is 26.6 Å². The second kappa shape index (κ2) is 7.58. The van der Waals surface area contributed by atoms with Crippen molar-refractivity contribution in [2.24, 2.45) is 0 Å². The Labute approximate surface area is 168 Å². The summed E-state index contributed by atoms with van der Waals surface area (Å²) in [5.41, 5.74) is 4.52. The average Bonchev–Trinajstić information content (AvgIpc) is 3.14. The lowest BCUT2D eigenvalue weighted by atomic mass is 10.0. The second-order valence-corrected chi connectivity index (χ2v) is 7.17. The molecule has 0 fully saturated rings. The van der Waals surface area contributed by atoms with Crippen LogP contribution in [-0.2, 0) is 6.42 Å². The monoisotopic (exact) mass is 392 g/mol. The van der Waals surface area contributed by atoms with Crippen molar-refractivity contribution in [2.45, 2.75) is 33.3 Å². The van der Waals surface area contributed by atoms with Gasteiger partial charge in [0, 0.05) is 29.4 Å². The van der Waals surface area contributed by atoms with E-state index in [1.165, 1.54) is 6.07 Å². The molecular weight excluding hydrogens is 371 g/mol. The molecule has 3 aromatic rings. The standard InChI is InChI=1S/C22H21FN4O2/c1-12-5-4-6-19(26-12)22(28)25-11-15-9-17-18(23)8-7-16(21(17)29-15)20-14(3)24-10-13(2)27-20/h4-8,10,15H,9,11H2,1-3H3,(H,25,28). The summed E-state index contributed by atoms with van der Waals surface area (Å²) in [6.45, 7) is 5.80. The zero-order chi connectivity index (χ0) is 20.5. The molecule has 1 aliphatic heterocycles. The summed E-state index contributed by atoms with van der Waals surface area (Å²) in [5.74, 6) is -0.133. The molecule has 0 saturated carbocycles. The number of amides is 1. The highest BCUT2D eigenvalue weighted by molar-refractivity contribution is 5.92. The van der Waals surface area contributed by atoms with Crippen molar-refractivity contribution < 1.29 is 13.9 Å². The second-order valence-electron chi connectivity index (χ2n) is 7.17. The summed E-state index contributed by atoms with van der Waals surface area (Å²) in [4.78, 5) is 25.5. The molecular formula is C22H21FN4O2. The number of benzene rings is 1. The van der Waals surface area contributed by atoms with Gasteiger partial charge in [-0.3, -0.25) is 9.78 Å². The number of hydrogen-bond acceptors (Lipinski definition) is 5. The number of fused-ring (bicyclic) bond motifs is 1. The van der Waals surface area contributed by atoms with E-state index in [0.29, 0.717) is 34.7 Å². The van der Waals surface area contributed by atoms with E-state index in [-0.39, 0.29) is 24.4 Å². The number of pyridine rings is 1. The Kier molecular flexibility index (Phi) is 4.96. The smallest absolute Gasteiger partial charge is 0.270 e. The number of carbonyl (C=O) groups is 1. The van der Waals surface area contributed by atoms with E-state index in [1.54, 1.807) is 24.4 Å². The van der Waals surface area contributed by atoms with Gasteiger partial charge in [0.1, 0.15) is 23.4 Å². The lowest BCUT2D eigenvalue weighted by molar-refractivity contribution is 0.0928. The van der Waals surface area contributed by atoms with Gasteiger partial charge in [0.15, 0.2) is 0 Å². The van der Waals surface area contributed by atoms with Crippen molar-refractivity contribution in [3.63, 3.8) is 0 Å². The zero-order valence-electron chi connectivity index (χ0n) is 16.5. The quantitative estimate of drug-likeness (QED) is 0.737. The third kappa shape index (κ3) is 3.81. The minimum Gasteiger partial charge on any atom is -0.487 e. The molecule has 1 aromatic carbocycles. The third-order valence-electron chi connectivity index (χ3n) is 4.86. The van der Waals surface area contributed by atoms with E-state index < -0.39 is 0 Å². The van der Waals surface area contributed by atoms with Gasteiger partial charge in [-0.1, -0.05) is 6.07 Å². The first-order valence-corrected chi connectivity index (χ1v) is 9.43. The predicted octanol–water partition coefficient (Wildman–Crippen LogP) is 3.34. The molecule has 4 rings (SSSR count). The van der Waals surface area contributed by atoms with Gasteiger partial charge in [-0.25, -0.2) is 14.4 Å². The number of aryl methyl sites for hydroxylation is 3. The highest BCUT2D eigenvalue weighted by atomic mass is 19.1. The summed E-state index contributed by atoms with van der Waals surface area (Å²) < 4.78 is 20.5. The van der Waals surface area contributed by atoms with Crippen molar-refractivity contribution in [1.82, 2.24) is 20.3 Å². The maximum atomic E-state index is 14.4. The van der Waals surface area contributed by atoms with Crippen LogP contribution in [0.5, 0.6) is 5.75 Å². The van der Waals surface area contributed by atoms with Crippen LogP contribution in [0.25, 0.3) is 11.3 Å². The molecule has 1 atom stereocenters. The first-order chi connectivity index (χ1) is 13.9. The Morgan fingerprint density at radius 3 is 2.79 bits per heavy atom. The Balaban J connectivity index is 1.54. The number of aromatic nitrogens is 3. The van der Waals surface area contributed by atoms with Crippen molar-refractivity contribution >= 4 is 5.91 Å². The normalized spacial score (nSPS) is 15.0. The van der Waals surface area contributed by atoms with Gasteiger partial charge in [-0.05, 0) is 45.0 Å². The molecule has 148 valence electrons. The molecule has 0 aliphatic carbocycles. The molecule has 0 radical (unpaired) electrons. The fraction of sp³-hybridized carbons (Fsp3) is 0.273. The minimum absolute atomic E-state index is 0.250. The van der Waals surface area contributed by atoms with Gasteiger partial charge in [0.05, 0.1) is 23.6 Å². The maximum Gasteiger partial charge on any atom is 0.270 e. The first-order valence-electron chi connectivity index (χ1n) is 9.43. The zero-order valence-corrected chi connectivity index (χ0v) is 16.5. The highest BCUT2D eigenvalue weighted by Crippen LogP contribution is 2.40. The molecule has 0 spiro atoms. The van der Waals surface area contributed by atoms with E-state index >= 15 is 0 Å². The molecule has 1 unspecified atom stereocenters. The SMILES string of the molecule is Cc1cccc(C(=O)NCC2Cc3c(F)ccc(-c4nc(C)cnc4C)c3O2)n1. The number of nitrogens with zero attached hydrogens (tertiary/aromatic N) is 3. The molecule has 6 nitrogen and oxygen atoms in total. The Hall–Kier alpha value is -3.35. The lowest BCUT2D eigenvalue weighted by Crippen LogP contribution is -2.34. The van der Waals surface area contributed by atoms with Crippen LogP contribution in [0.15, 0.2) is 36.5 Å². The minimum atomic E-state index is -0.368. The van der Waals surface area contributed by atoms with E-state index in [2.05, 4.69) is 20.3 Å². The summed E-state index contributed by atoms with van der Waals surface area (Å²) >= 11 is 0. The third-order valence-corrected chi connectivity index (χ3v) is 4.86. The molecule has 2 aromatic heterocycles. The average molecular weight is 392 g/mol. The van der Waals surface area contributed by atoms with Crippen LogP contribution in [0.1, 0.15) is 33.1 Å². The number of carbonyl (C=O) groups excluding carboxylic acids is 1. The van der Waals surface area contributed by atoms with Crippen LogP contribution < -0.4 is 10.1 Å². The number of hydrogen-bond donors (Lipinski definition) is 1. The van der Waals surface area contributed by atoms with Crippen LogP contribution in [-0.4, -0.2) is 33.5 Å². The van der Waals surface area contributed by atoms with Crippen LogP contribution in [0.4, 0.5) is 4.39 Å². The van der Waals surface area contributed by atoms with E-state index in [9.17, 15) is 9.18 Å². The van der Waals surface area contributed by atoms with Crippen molar-refractivity contribution in [3.8, 4) is 17.0 Å². The number of halogens is 1. The number of nitrogens with one attached hydrogen (secondary N) is 1. The van der Waals surface area contributed by atoms with E-state index in [1.807, 2.05) is 26.8 Å². The van der Waals surface area contributed by atoms with Gasteiger partial charge < -0.3 is 10.1 Å². The molecule has 1 amide bonds. The van der Waals surface area contributed by atoms with Crippen LogP contribution >= 0.6 is 0 Å². The van der Waals surface area contributed by atoms with Crippen molar-refractivity contribution in [3.05, 3.63) is 70.7 Å². The summed E-state index contributed by atoms with van der Waals surface area (Å²) in [6, 6.07) is 8.37. The Morgan fingerprint density at radius 1 is 1.17 bits per heavy atom. The first kappa shape index (κ1) is 19.0. The topological polar surface area (TPSA) is 77.0 Å². The molecule has 0 saturated heterocycles. The van der Waals surface area contributed by atoms with Crippen molar-refractivity contribution in [1.29, 1.82) is 0 Å². The highest BCUT2D eigenvalue weighted by Gasteiger charge is 2.30. The Morgan fingerprint density at radius 2 is 2.00 bits per heavy atom. The number of rotatable bonds is 4. The molecule has 29 heavy (non-hydrogen) atoms. The predicted molar refractivity (Wildman–Crippen MR) is 106 cm³/mol. The molecule has 7 heteroatoms. The molecule has 0 bridgehead atoms. The fourth-order valence-electron chi connectivity index (χ4n) is 3.42.